The molecular weight excluding hydrogens is 251 g/mol. The zero-order valence-corrected chi connectivity index (χ0v) is 11.9. The molecule has 0 aromatic rings. The number of carboxylic acids is 1. The van der Waals surface area contributed by atoms with E-state index in [1.54, 1.807) is 0 Å². The van der Waals surface area contributed by atoms with Crippen LogP contribution in [0.15, 0.2) is 0 Å². The molecule has 0 saturated carbocycles. The monoisotopic (exact) mass is 274 g/mol. The molecule has 0 aromatic carbocycles. The zero-order chi connectivity index (χ0) is 11.2. The summed E-state index contributed by atoms with van der Waals surface area (Å²) in [6.07, 6.45) is 2.52. The lowest BCUT2D eigenvalue weighted by atomic mass is 10.1. The minimum Gasteiger partial charge on any atom is -1.00 e. The maximum atomic E-state index is 10.4. The van der Waals surface area contributed by atoms with Crippen LogP contribution in [0.1, 0.15) is 26.2 Å². The summed E-state index contributed by atoms with van der Waals surface area (Å²) in [4.78, 5) is 10.4. The Morgan fingerprint density at radius 2 is 1.88 bits per heavy atom. The van der Waals surface area contributed by atoms with Crippen LogP contribution in [0.4, 0.5) is 0 Å². The molecule has 0 amide bonds. The number of rotatable bonds is 7. The molecule has 0 fully saturated rings. The lowest BCUT2D eigenvalue weighted by molar-refractivity contribution is -0.888. The van der Waals surface area contributed by atoms with Gasteiger partial charge < -0.3 is 27.7 Å². The minimum absolute atomic E-state index is 0. The zero-order valence-electron chi connectivity index (χ0n) is 10.3. The van der Waals surface area contributed by atoms with Crippen LogP contribution in [-0.4, -0.2) is 48.8 Å². The van der Waals surface area contributed by atoms with E-state index in [1.807, 2.05) is 0 Å². The summed E-state index contributed by atoms with van der Waals surface area (Å²) in [6.45, 7) is 4.34. The van der Waals surface area contributed by atoms with Crippen molar-refractivity contribution in [3.05, 3.63) is 0 Å². The van der Waals surface area contributed by atoms with E-state index < -0.39 is 12.0 Å². The van der Waals surface area contributed by atoms with Crippen molar-refractivity contribution in [3.63, 3.8) is 0 Å². The average molecular weight is 275 g/mol. The van der Waals surface area contributed by atoms with Crippen LogP contribution < -0.4 is 18.1 Å². The first-order valence-corrected chi connectivity index (χ1v) is 5.19. The molecule has 0 heterocycles. The van der Waals surface area contributed by atoms with Crippen molar-refractivity contribution in [1.82, 2.24) is 0 Å². The van der Waals surface area contributed by atoms with E-state index in [0.29, 0.717) is 6.42 Å². The van der Waals surface area contributed by atoms with Crippen LogP contribution >= 0.6 is 12.4 Å². The molecule has 0 aliphatic heterocycles. The Kier molecular flexibility index (Phi) is 13.5. The highest BCUT2D eigenvalue weighted by atomic mass is 35.5. The lowest BCUT2D eigenvalue weighted by Crippen LogP contribution is -3.00. The summed E-state index contributed by atoms with van der Waals surface area (Å²) in [7, 11) is 4.36. The molecule has 100 valence electrons. The smallest absolute Gasteiger partial charge is 0.320 e. The van der Waals surface area contributed by atoms with E-state index in [-0.39, 0.29) is 24.8 Å². The quantitative estimate of drug-likeness (QED) is 0.421. The van der Waals surface area contributed by atoms with Gasteiger partial charge in [0.25, 0.3) is 0 Å². The normalized spacial score (nSPS) is 12.2. The molecule has 0 aromatic heterocycles. The molecule has 6 heteroatoms. The van der Waals surface area contributed by atoms with Crippen LogP contribution in [0.5, 0.6) is 0 Å². The minimum atomic E-state index is -0.894. The van der Waals surface area contributed by atoms with E-state index in [9.17, 15) is 4.79 Å². The van der Waals surface area contributed by atoms with Gasteiger partial charge >= 0.3 is 5.97 Å². The van der Waals surface area contributed by atoms with Crippen LogP contribution in [0, 0.1) is 0 Å². The van der Waals surface area contributed by atoms with Gasteiger partial charge in [-0.15, -0.1) is 12.4 Å². The number of unbranched alkanes of at least 4 members (excludes halogenated alkanes) is 1. The molecule has 0 spiro atoms. The third-order valence-corrected chi connectivity index (χ3v) is 2.70. The van der Waals surface area contributed by atoms with Gasteiger partial charge in [0.15, 0.2) is 0 Å². The molecule has 0 radical (unpaired) electrons. The first-order valence-electron chi connectivity index (χ1n) is 5.19. The van der Waals surface area contributed by atoms with Crippen LogP contribution in [0.2, 0.25) is 0 Å². The SMILES string of the molecule is CC[N+](C)(C)CCCC[C@H](N)C(=O)O.Cl.[Cl-]. The van der Waals surface area contributed by atoms with Crippen molar-refractivity contribution >= 4 is 18.4 Å². The number of carboxylic acid groups (broad SMARTS) is 1. The summed E-state index contributed by atoms with van der Waals surface area (Å²) < 4.78 is 0.988. The predicted molar refractivity (Wildman–Crippen MR) is 64.2 cm³/mol. The maximum Gasteiger partial charge on any atom is 0.320 e. The number of aliphatic carboxylic acids is 1. The van der Waals surface area contributed by atoms with Crippen LogP contribution in [0.25, 0.3) is 0 Å². The fourth-order valence-electron chi connectivity index (χ4n) is 1.19. The Hall–Kier alpha value is -0.0300. The fraction of sp³-hybridized carbons (Fsp3) is 0.900. The van der Waals surface area contributed by atoms with E-state index >= 15 is 0 Å². The summed E-state index contributed by atoms with van der Waals surface area (Å²) in [5, 5.41) is 8.56. The third kappa shape index (κ3) is 10.5. The van der Waals surface area contributed by atoms with Crippen molar-refractivity contribution in [1.29, 1.82) is 0 Å². The maximum absolute atomic E-state index is 10.4. The fourth-order valence-corrected chi connectivity index (χ4v) is 1.19. The molecule has 0 bridgehead atoms. The van der Waals surface area contributed by atoms with E-state index in [1.165, 1.54) is 0 Å². The standard InChI is InChI=1S/C10H22N2O2.2ClH/c1-4-12(2,3)8-6-5-7-9(11)10(13)14;;/h9H,4-8,11H2,1-3H3;2*1H/t9-;;/m0../s1. The molecule has 16 heavy (non-hydrogen) atoms. The number of halogens is 2. The van der Waals surface area contributed by atoms with Gasteiger partial charge in [0.1, 0.15) is 6.04 Å². The molecule has 0 unspecified atom stereocenters. The first-order chi connectivity index (χ1) is 6.39. The first kappa shape index (κ1) is 21.3. The highest BCUT2D eigenvalue weighted by molar-refractivity contribution is 5.85. The van der Waals surface area contributed by atoms with Crippen LogP contribution in [-0.2, 0) is 4.79 Å². The number of nitrogens with zero attached hydrogens (tertiary/aromatic N) is 1. The van der Waals surface area contributed by atoms with Crippen molar-refractivity contribution < 1.29 is 26.8 Å². The Morgan fingerprint density at radius 1 is 1.38 bits per heavy atom. The number of carbonyl (C=O) groups is 1. The number of nitrogens with two attached hydrogens (primary N) is 1. The highest BCUT2D eigenvalue weighted by Crippen LogP contribution is 2.04. The van der Waals surface area contributed by atoms with Gasteiger partial charge in [-0.3, -0.25) is 4.79 Å². The van der Waals surface area contributed by atoms with Crippen molar-refractivity contribution in [2.75, 3.05) is 27.2 Å². The van der Waals surface area contributed by atoms with Crippen molar-refractivity contribution in [2.24, 2.45) is 5.73 Å². The number of quaternary nitrogens is 1. The van der Waals surface area contributed by atoms with Gasteiger partial charge in [-0.05, 0) is 26.2 Å². The molecule has 4 nitrogen and oxygen atoms in total. The molecule has 1 atom stereocenters. The molecule has 0 saturated heterocycles. The number of hydrogen-bond acceptors (Lipinski definition) is 2. The second kappa shape index (κ2) is 10.1. The topological polar surface area (TPSA) is 63.3 Å². The summed E-state index contributed by atoms with van der Waals surface area (Å²) >= 11 is 0. The van der Waals surface area contributed by atoms with Gasteiger partial charge in [-0.1, -0.05) is 0 Å². The Bertz CT molecular complexity index is 190. The Balaban J connectivity index is -0.000000845. The highest BCUT2D eigenvalue weighted by Gasteiger charge is 2.13. The Morgan fingerprint density at radius 3 is 2.25 bits per heavy atom. The third-order valence-electron chi connectivity index (χ3n) is 2.70. The van der Waals surface area contributed by atoms with Crippen molar-refractivity contribution in [2.45, 2.75) is 32.2 Å². The van der Waals surface area contributed by atoms with Gasteiger partial charge in [-0.25, -0.2) is 0 Å². The van der Waals surface area contributed by atoms with Crippen molar-refractivity contribution in [3.8, 4) is 0 Å². The largest absolute Gasteiger partial charge is 1.00 e. The number of hydrogen-bond donors (Lipinski definition) is 2. The Labute approximate surface area is 111 Å². The second-order valence-corrected chi connectivity index (χ2v) is 4.42. The average Bonchev–Trinajstić information content (AvgIpc) is 2.12. The molecular formula is C10H24Cl2N2O2. The molecule has 0 rings (SSSR count). The summed E-state index contributed by atoms with van der Waals surface area (Å²) in [5.74, 6) is -0.894. The lowest BCUT2D eigenvalue weighted by Gasteiger charge is -2.28. The molecule has 3 N–H and O–H groups in total. The predicted octanol–water partition coefficient (Wildman–Crippen LogP) is -1.91. The second-order valence-electron chi connectivity index (χ2n) is 4.42. The van der Waals surface area contributed by atoms with Gasteiger partial charge in [-0.2, -0.15) is 0 Å². The summed E-state index contributed by atoms with van der Waals surface area (Å²) in [5.41, 5.74) is 5.39. The van der Waals surface area contributed by atoms with Gasteiger partial charge in [0, 0.05) is 0 Å². The van der Waals surface area contributed by atoms with E-state index in [0.717, 1.165) is 30.4 Å². The van der Waals surface area contributed by atoms with Gasteiger partial charge in [0.2, 0.25) is 0 Å². The molecule has 0 aliphatic rings. The van der Waals surface area contributed by atoms with E-state index in [4.69, 9.17) is 10.8 Å². The van der Waals surface area contributed by atoms with E-state index in [2.05, 4.69) is 21.0 Å². The van der Waals surface area contributed by atoms with Crippen LogP contribution in [0.3, 0.4) is 0 Å². The summed E-state index contributed by atoms with van der Waals surface area (Å²) in [6, 6.07) is -0.688. The van der Waals surface area contributed by atoms with Gasteiger partial charge in [0.05, 0.1) is 27.2 Å². The molecule has 0 aliphatic carbocycles.